The van der Waals surface area contributed by atoms with Crippen LogP contribution in [0.1, 0.15) is 29.2 Å². The topological polar surface area (TPSA) is 42.6 Å². The summed E-state index contributed by atoms with van der Waals surface area (Å²) in [5.74, 6) is 0.698. The molecular weight excluding hydrogens is 288 g/mol. The summed E-state index contributed by atoms with van der Waals surface area (Å²) in [5, 5.41) is 11.4. The Morgan fingerprint density at radius 1 is 1.04 bits per heavy atom. The van der Waals surface area contributed by atoms with Crippen molar-refractivity contribution in [1.29, 1.82) is 0 Å². The van der Waals surface area contributed by atoms with Crippen LogP contribution in [0.4, 0.5) is 0 Å². The minimum Gasteiger partial charge on any atom is -0.464 e. The summed E-state index contributed by atoms with van der Waals surface area (Å²) in [6.07, 6.45) is 0.822. The van der Waals surface area contributed by atoms with Crippen molar-refractivity contribution in [2.45, 2.75) is 27.1 Å². The predicted molar refractivity (Wildman–Crippen MR) is 90.5 cm³/mol. The van der Waals surface area contributed by atoms with E-state index < -0.39 is 6.29 Å². The second-order valence-corrected chi connectivity index (χ2v) is 6.07. The summed E-state index contributed by atoms with van der Waals surface area (Å²) < 4.78 is 11.5. The molecule has 1 unspecified atom stereocenters. The number of fused-ring (bicyclic) bond motifs is 2. The number of aliphatic hydroxyl groups is 1. The number of aliphatic hydroxyl groups excluding tert-OH is 1. The number of rotatable bonds is 1. The van der Waals surface area contributed by atoms with Gasteiger partial charge in [0.1, 0.15) is 11.3 Å². The molecule has 3 heteroatoms. The number of aryl methyl sites for hydroxylation is 2. The lowest BCUT2D eigenvalue weighted by molar-refractivity contribution is 0.0120. The molecule has 0 saturated heterocycles. The molecule has 0 bridgehead atoms. The van der Waals surface area contributed by atoms with Crippen LogP contribution in [0.15, 0.2) is 52.7 Å². The molecular formula is C20H18O3. The van der Waals surface area contributed by atoms with E-state index in [1.165, 1.54) is 0 Å². The molecule has 1 aromatic heterocycles. The molecule has 0 saturated carbocycles. The molecule has 23 heavy (non-hydrogen) atoms. The van der Waals surface area contributed by atoms with E-state index >= 15 is 0 Å². The lowest BCUT2D eigenvalue weighted by Gasteiger charge is -2.28. The van der Waals surface area contributed by atoms with E-state index in [-0.39, 0.29) is 0 Å². The molecule has 3 nitrogen and oxygen atoms in total. The fraction of sp³-hybridized carbons (Fsp3) is 0.200. The molecule has 0 radical (unpaired) electrons. The second kappa shape index (κ2) is 5.00. The summed E-state index contributed by atoms with van der Waals surface area (Å²) in [7, 11) is 0. The van der Waals surface area contributed by atoms with Crippen molar-refractivity contribution in [1.82, 2.24) is 0 Å². The molecule has 0 fully saturated rings. The van der Waals surface area contributed by atoms with Gasteiger partial charge in [0.2, 0.25) is 6.29 Å². The first-order chi connectivity index (χ1) is 11.1. The normalized spacial score (nSPS) is 17.3. The van der Waals surface area contributed by atoms with Gasteiger partial charge in [0, 0.05) is 22.1 Å². The molecule has 0 aliphatic carbocycles. The Balaban J connectivity index is 2.08. The van der Waals surface area contributed by atoms with Crippen molar-refractivity contribution >= 4 is 16.5 Å². The average molecular weight is 306 g/mol. The van der Waals surface area contributed by atoms with Crippen LogP contribution in [0.5, 0.6) is 5.75 Å². The summed E-state index contributed by atoms with van der Waals surface area (Å²) in [6, 6.07) is 12.2. The number of hydrogen-bond donors (Lipinski definition) is 1. The predicted octanol–water partition coefficient (Wildman–Crippen LogP) is 4.58. The first kappa shape index (κ1) is 14.1. The maximum absolute atomic E-state index is 10.3. The Morgan fingerprint density at radius 3 is 2.52 bits per heavy atom. The SMILES string of the molecule is CC1=C(c2ccccc2)c2cc3c(C)coc3c(C)c2OC1O. The van der Waals surface area contributed by atoms with E-state index in [1.54, 1.807) is 6.26 Å². The lowest BCUT2D eigenvalue weighted by Crippen LogP contribution is -2.23. The summed E-state index contributed by atoms with van der Waals surface area (Å²) >= 11 is 0. The third kappa shape index (κ3) is 2.01. The zero-order valence-corrected chi connectivity index (χ0v) is 13.4. The van der Waals surface area contributed by atoms with E-state index in [2.05, 4.69) is 18.2 Å². The first-order valence-corrected chi connectivity index (χ1v) is 7.70. The molecule has 116 valence electrons. The van der Waals surface area contributed by atoms with Crippen molar-refractivity contribution in [2.75, 3.05) is 0 Å². The van der Waals surface area contributed by atoms with Crippen molar-refractivity contribution < 1.29 is 14.3 Å². The van der Waals surface area contributed by atoms with Crippen LogP contribution < -0.4 is 4.74 Å². The molecule has 1 aliphatic heterocycles. The van der Waals surface area contributed by atoms with E-state index in [0.717, 1.165) is 44.4 Å². The summed E-state index contributed by atoms with van der Waals surface area (Å²) in [5.41, 5.74) is 6.78. The number of ether oxygens (including phenoxy) is 1. The maximum atomic E-state index is 10.3. The van der Waals surface area contributed by atoms with Crippen LogP contribution in [0.2, 0.25) is 0 Å². The highest BCUT2D eigenvalue weighted by molar-refractivity contribution is 5.95. The van der Waals surface area contributed by atoms with Crippen molar-refractivity contribution in [2.24, 2.45) is 0 Å². The van der Waals surface area contributed by atoms with Crippen LogP contribution >= 0.6 is 0 Å². The van der Waals surface area contributed by atoms with Gasteiger partial charge in [0.15, 0.2) is 0 Å². The fourth-order valence-electron chi connectivity index (χ4n) is 3.30. The van der Waals surface area contributed by atoms with Gasteiger partial charge < -0.3 is 14.3 Å². The summed E-state index contributed by atoms with van der Waals surface area (Å²) in [6.45, 7) is 5.92. The molecule has 3 aromatic rings. The van der Waals surface area contributed by atoms with Crippen LogP contribution in [-0.4, -0.2) is 11.4 Å². The van der Waals surface area contributed by atoms with Gasteiger partial charge in [-0.05, 0) is 43.5 Å². The lowest BCUT2D eigenvalue weighted by atomic mass is 9.88. The number of furan rings is 1. The minimum absolute atomic E-state index is 0.698. The first-order valence-electron chi connectivity index (χ1n) is 7.70. The molecule has 0 amide bonds. The molecule has 4 rings (SSSR count). The van der Waals surface area contributed by atoms with E-state index in [0.29, 0.717) is 5.75 Å². The molecule has 0 spiro atoms. The van der Waals surface area contributed by atoms with Gasteiger partial charge >= 0.3 is 0 Å². The van der Waals surface area contributed by atoms with Crippen LogP contribution in [0, 0.1) is 13.8 Å². The highest BCUT2D eigenvalue weighted by Gasteiger charge is 2.28. The van der Waals surface area contributed by atoms with E-state index in [4.69, 9.17) is 9.15 Å². The third-order valence-corrected chi connectivity index (χ3v) is 4.56. The smallest absolute Gasteiger partial charge is 0.220 e. The maximum Gasteiger partial charge on any atom is 0.220 e. The van der Waals surface area contributed by atoms with Gasteiger partial charge in [-0.25, -0.2) is 0 Å². The van der Waals surface area contributed by atoms with Gasteiger partial charge in [-0.2, -0.15) is 0 Å². The number of hydrogen-bond acceptors (Lipinski definition) is 3. The second-order valence-electron chi connectivity index (χ2n) is 6.07. The molecule has 1 aliphatic rings. The largest absolute Gasteiger partial charge is 0.464 e. The average Bonchev–Trinajstić information content (AvgIpc) is 2.92. The fourth-order valence-corrected chi connectivity index (χ4v) is 3.30. The Kier molecular flexibility index (Phi) is 3.06. The minimum atomic E-state index is -0.940. The molecule has 1 N–H and O–H groups in total. The Labute approximate surface area is 134 Å². The molecule has 1 atom stereocenters. The van der Waals surface area contributed by atoms with Crippen LogP contribution in [0.3, 0.4) is 0 Å². The van der Waals surface area contributed by atoms with Gasteiger partial charge in [-0.3, -0.25) is 0 Å². The van der Waals surface area contributed by atoms with Crippen LogP contribution in [0.25, 0.3) is 16.5 Å². The Bertz CT molecular complexity index is 932. The number of benzene rings is 2. The monoisotopic (exact) mass is 306 g/mol. The third-order valence-electron chi connectivity index (χ3n) is 4.56. The Hall–Kier alpha value is -2.52. The van der Waals surface area contributed by atoms with Gasteiger partial charge in [0.05, 0.1) is 6.26 Å². The van der Waals surface area contributed by atoms with E-state index in [1.807, 2.05) is 39.0 Å². The van der Waals surface area contributed by atoms with Crippen molar-refractivity contribution in [3.05, 3.63) is 70.5 Å². The van der Waals surface area contributed by atoms with Gasteiger partial charge in [-0.15, -0.1) is 0 Å². The quantitative estimate of drug-likeness (QED) is 0.715. The van der Waals surface area contributed by atoms with Gasteiger partial charge in [-0.1, -0.05) is 30.3 Å². The van der Waals surface area contributed by atoms with Crippen molar-refractivity contribution in [3.8, 4) is 5.75 Å². The Morgan fingerprint density at radius 2 is 1.78 bits per heavy atom. The highest BCUT2D eigenvalue weighted by Crippen LogP contribution is 2.44. The van der Waals surface area contributed by atoms with Crippen molar-refractivity contribution in [3.63, 3.8) is 0 Å². The zero-order chi connectivity index (χ0) is 16.1. The van der Waals surface area contributed by atoms with Crippen LogP contribution in [-0.2, 0) is 0 Å². The zero-order valence-electron chi connectivity index (χ0n) is 13.4. The van der Waals surface area contributed by atoms with Gasteiger partial charge in [0.25, 0.3) is 0 Å². The molecule has 2 aromatic carbocycles. The molecule has 2 heterocycles. The van der Waals surface area contributed by atoms with E-state index in [9.17, 15) is 5.11 Å². The summed E-state index contributed by atoms with van der Waals surface area (Å²) in [4.78, 5) is 0. The standard InChI is InChI=1S/C20H18O3/c1-11-10-22-18-13(3)19-16(9-15(11)18)17(12(2)20(21)23-19)14-7-5-4-6-8-14/h4-10,20-21H,1-3H3. The highest BCUT2D eigenvalue weighted by atomic mass is 16.6.